The van der Waals surface area contributed by atoms with Crippen LogP contribution in [0.2, 0.25) is 0 Å². The molecule has 0 amide bonds. The average molecular weight is 200 g/mol. The Bertz CT molecular complexity index is 175. The highest BCUT2D eigenvalue weighted by atomic mass is 15.2. The quantitative estimate of drug-likeness (QED) is 0.518. The average Bonchev–Trinajstić information content (AvgIpc) is 2.09. The molecule has 0 radical (unpaired) electrons. The minimum Gasteiger partial charge on any atom is -0.370 e. The Morgan fingerprint density at radius 1 is 1.21 bits per heavy atom. The molecule has 0 aromatic heterocycles. The predicted octanol–water partition coefficient (Wildman–Crippen LogP) is 0.451. The number of hydrogen-bond donors (Lipinski definition) is 1. The van der Waals surface area contributed by atoms with Crippen LogP contribution in [0, 0.1) is 5.92 Å². The maximum Gasteiger partial charge on any atom is 0.191 e. The zero-order valence-electron chi connectivity index (χ0n) is 10.1. The Balaban J connectivity index is 3.85. The van der Waals surface area contributed by atoms with Crippen LogP contribution >= 0.6 is 0 Å². The van der Waals surface area contributed by atoms with Crippen molar-refractivity contribution in [3.8, 4) is 0 Å². The SMILES string of the molecule is CC(C)CN=C(N)N(C)CCN(C)C. The summed E-state index contributed by atoms with van der Waals surface area (Å²) in [5.41, 5.74) is 5.81. The van der Waals surface area contributed by atoms with Gasteiger partial charge in [-0.1, -0.05) is 13.8 Å². The van der Waals surface area contributed by atoms with Crippen molar-refractivity contribution in [3.63, 3.8) is 0 Å². The Labute approximate surface area is 87.8 Å². The number of nitrogens with zero attached hydrogens (tertiary/aromatic N) is 3. The van der Waals surface area contributed by atoms with E-state index in [0.29, 0.717) is 11.9 Å². The van der Waals surface area contributed by atoms with E-state index < -0.39 is 0 Å². The molecule has 0 spiro atoms. The highest BCUT2D eigenvalue weighted by Gasteiger charge is 2.02. The van der Waals surface area contributed by atoms with Crippen LogP contribution in [0.1, 0.15) is 13.8 Å². The first-order chi connectivity index (χ1) is 6.43. The summed E-state index contributed by atoms with van der Waals surface area (Å²) in [6, 6.07) is 0. The zero-order chi connectivity index (χ0) is 11.1. The maximum atomic E-state index is 5.81. The number of nitrogens with two attached hydrogens (primary N) is 1. The third-order valence-corrected chi connectivity index (χ3v) is 1.89. The maximum absolute atomic E-state index is 5.81. The summed E-state index contributed by atoms with van der Waals surface area (Å²) in [5.74, 6) is 1.20. The molecule has 0 aliphatic rings. The van der Waals surface area contributed by atoms with Gasteiger partial charge in [0.15, 0.2) is 5.96 Å². The highest BCUT2D eigenvalue weighted by molar-refractivity contribution is 5.77. The Kier molecular flexibility index (Phi) is 6.28. The van der Waals surface area contributed by atoms with Gasteiger partial charge in [-0.15, -0.1) is 0 Å². The molecule has 84 valence electrons. The molecular weight excluding hydrogens is 176 g/mol. The molecule has 0 unspecified atom stereocenters. The molecule has 4 heteroatoms. The van der Waals surface area contributed by atoms with Crippen LogP contribution in [0.3, 0.4) is 0 Å². The molecule has 0 bridgehead atoms. The van der Waals surface area contributed by atoms with Gasteiger partial charge in [0.25, 0.3) is 0 Å². The van der Waals surface area contributed by atoms with E-state index in [2.05, 4.69) is 37.8 Å². The summed E-state index contributed by atoms with van der Waals surface area (Å²) in [6.07, 6.45) is 0. The molecule has 0 aliphatic carbocycles. The molecule has 2 N–H and O–H groups in total. The highest BCUT2D eigenvalue weighted by Crippen LogP contribution is 1.92. The summed E-state index contributed by atoms with van der Waals surface area (Å²) in [5, 5.41) is 0. The fourth-order valence-corrected chi connectivity index (χ4v) is 0.861. The lowest BCUT2D eigenvalue weighted by atomic mass is 10.2. The second-order valence-corrected chi connectivity index (χ2v) is 4.32. The first kappa shape index (κ1) is 13.2. The van der Waals surface area contributed by atoms with Crippen LogP contribution < -0.4 is 5.73 Å². The number of guanidine groups is 1. The molecule has 4 nitrogen and oxygen atoms in total. The van der Waals surface area contributed by atoms with Crippen molar-refractivity contribution in [2.24, 2.45) is 16.6 Å². The Morgan fingerprint density at radius 2 is 1.79 bits per heavy atom. The van der Waals surface area contributed by atoms with E-state index in [1.54, 1.807) is 0 Å². The van der Waals surface area contributed by atoms with E-state index in [1.165, 1.54) is 0 Å². The van der Waals surface area contributed by atoms with Crippen molar-refractivity contribution in [2.75, 3.05) is 40.8 Å². The van der Waals surface area contributed by atoms with Gasteiger partial charge in [0, 0.05) is 26.7 Å². The molecule has 0 heterocycles. The van der Waals surface area contributed by atoms with Gasteiger partial charge in [0.1, 0.15) is 0 Å². The normalized spacial score (nSPS) is 12.6. The smallest absolute Gasteiger partial charge is 0.191 e. The van der Waals surface area contributed by atoms with Gasteiger partial charge in [-0.3, -0.25) is 4.99 Å². The molecule has 0 saturated heterocycles. The summed E-state index contributed by atoms with van der Waals surface area (Å²) < 4.78 is 0. The lowest BCUT2D eigenvalue weighted by Crippen LogP contribution is -2.38. The number of likely N-dealkylation sites (N-methyl/N-ethyl adjacent to an activating group) is 2. The Morgan fingerprint density at radius 3 is 2.21 bits per heavy atom. The van der Waals surface area contributed by atoms with Crippen molar-refractivity contribution < 1.29 is 0 Å². The van der Waals surface area contributed by atoms with Crippen molar-refractivity contribution >= 4 is 5.96 Å². The minimum atomic E-state index is 0.566. The van der Waals surface area contributed by atoms with Crippen LogP contribution in [0.5, 0.6) is 0 Å². The first-order valence-corrected chi connectivity index (χ1v) is 5.09. The number of hydrogen-bond acceptors (Lipinski definition) is 2. The van der Waals surface area contributed by atoms with Gasteiger partial charge < -0.3 is 15.5 Å². The van der Waals surface area contributed by atoms with Crippen molar-refractivity contribution in [1.29, 1.82) is 0 Å². The van der Waals surface area contributed by atoms with E-state index in [4.69, 9.17) is 5.73 Å². The van der Waals surface area contributed by atoms with Gasteiger partial charge >= 0.3 is 0 Å². The fourth-order valence-electron chi connectivity index (χ4n) is 0.861. The third kappa shape index (κ3) is 6.71. The molecule has 0 atom stereocenters. The van der Waals surface area contributed by atoms with Crippen LogP contribution in [0.4, 0.5) is 0 Å². The Hall–Kier alpha value is -0.770. The largest absolute Gasteiger partial charge is 0.370 e. The van der Waals surface area contributed by atoms with E-state index in [9.17, 15) is 0 Å². The predicted molar refractivity (Wildman–Crippen MR) is 62.5 cm³/mol. The van der Waals surface area contributed by atoms with Crippen molar-refractivity contribution in [3.05, 3.63) is 0 Å². The topological polar surface area (TPSA) is 44.9 Å². The van der Waals surface area contributed by atoms with E-state index in [0.717, 1.165) is 19.6 Å². The lowest BCUT2D eigenvalue weighted by molar-refractivity contribution is 0.355. The molecule has 14 heavy (non-hydrogen) atoms. The second kappa shape index (κ2) is 6.65. The third-order valence-electron chi connectivity index (χ3n) is 1.89. The number of aliphatic imine (C=N–C) groups is 1. The van der Waals surface area contributed by atoms with Crippen molar-refractivity contribution in [1.82, 2.24) is 9.80 Å². The molecule has 0 aromatic carbocycles. The molecule has 0 aromatic rings. The molecule has 0 fully saturated rings. The zero-order valence-corrected chi connectivity index (χ0v) is 10.1. The van der Waals surface area contributed by atoms with Gasteiger partial charge in [-0.25, -0.2) is 0 Å². The molecule has 0 aliphatic heterocycles. The first-order valence-electron chi connectivity index (χ1n) is 5.09. The summed E-state index contributed by atoms with van der Waals surface area (Å²) >= 11 is 0. The van der Waals surface area contributed by atoms with Crippen LogP contribution in [0.15, 0.2) is 4.99 Å². The standard InChI is InChI=1S/C10H24N4/c1-9(2)8-12-10(11)14(5)7-6-13(3)4/h9H,6-8H2,1-5H3,(H2,11,12). The van der Waals surface area contributed by atoms with Gasteiger partial charge in [0.2, 0.25) is 0 Å². The van der Waals surface area contributed by atoms with Crippen molar-refractivity contribution in [2.45, 2.75) is 13.8 Å². The van der Waals surface area contributed by atoms with Crippen LogP contribution in [-0.4, -0.2) is 56.5 Å². The minimum absolute atomic E-state index is 0.566. The summed E-state index contributed by atoms with van der Waals surface area (Å²) in [6.45, 7) is 6.99. The van der Waals surface area contributed by atoms with Crippen LogP contribution in [0.25, 0.3) is 0 Å². The van der Waals surface area contributed by atoms with Crippen LogP contribution in [-0.2, 0) is 0 Å². The summed E-state index contributed by atoms with van der Waals surface area (Å²) in [4.78, 5) is 8.42. The van der Waals surface area contributed by atoms with E-state index >= 15 is 0 Å². The van der Waals surface area contributed by atoms with Gasteiger partial charge in [-0.2, -0.15) is 0 Å². The monoisotopic (exact) mass is 200 g/mol. The van der Waals surface area contributed by atoms with Gasteiger partial charge in [0.05, 0.1) is 0 Å². The number of rotatable bonds is 5. The molecule has 0 saturated carbocycles. The van der Waals surface area contributed by atoms with Gasteiger partial charge in [-0.05, 0) is 20.0 Å². The fraction of sp³-hybridized carbons (Fsp3) is 0.900. The van der Waals surface area contributed by atoms with E-state index in [-0.39, 0.29) is 0 Å². The lowest BCUT2D eigenvalue weighted by Gasteiger charge is -2.20. The van der Waals surface area contributed by atoms with E-state index in [1.807, 2.05) is 11.9 Å². The molecule has 0 rings (SSSR count). The second-order valence-electron chi connectivity index (χ2n) is 4.32. The molecular formula is C10H24N4. The summed E-state index contributed by atoms with van der Waals surface area (Å²) in [7, 11) is 6.08.